The smallest absolute Gasteiger partial charge is 0.202 e. The molecule has 0 aliphatic carbocycles. The molecule has 0 spiro atoms. The minimum absolute atomic E-state index is 0.487. The molecule has 0 saturated carbocycles. The van der Waals surface area contributed by atoms with Crippen molar-refractivity contribution in [3.63, 3.8) is 0 Å². The number of nitrogens with zero attached hydrogens (tertiary/aromatic N) is 2. The van der Waals surface area contributed by atoms with Gasteiger partial charge in [0.2, 0.25) is 5.13 Å². The van der Waals surface area contributed by atoms with Crippen LogP contribution in [0.3, 0.4) is 0 Å². The molecule has 0 fully saturated rings. The number of nitrogens with one attached hydrogen (secondary N) is 1. The SMILES string of the molecule is CCCc1nsc(NC(C)CCSCC)n1. The first kappa shape index (κ1) is 13.8. The van der Waals surface area contributed by atoms with Crippen LogP contribution in [0.15, 0.2) is 0 Å². The Morgan fingerprint density at radius 2 is 2.25 bits per heavy atom. The maximum absolute atomic E-state index is 4.46. The van der Waals surface area contributed by atoms with Gasteiger partial charge in [-0.2, -0.15) is 16.1 Å². The predicted molar refractivity (Wildman–Crippen MR) is 74.6 cm³/mol. The number of rotatable bonds is 8. The third-order valence-electron chi connectivity index (χ3n) is 2.21. The molecule has 1 rings (SSSR count). The van der Waals surface area contributed by atoms with Gasteiger partial charge in [-0.1, -0.05) is 13.8 Å². The van der Waals surface area contributed by atoms with Gasteiger partial charge in [0, 0.05) is 24.0 Å². The van der Waals surface area contributed by atoms with Gasteiger partial charge in [0.25, 0.3) is 0 Å². The van der Waals surface area contributed by atoms with Crippen molar-refractivity contribution < 1.29 is 0 Å². The normalized spacial score (nSPS) is 12.7. The van der Waals surface area contributed by atoms with Gasteiger partial charge in [0.15, 0.2) is 0 Å². The fourth-order valence-corrected chi connectivity index (χ4v) is 2.86. The van der Waals surface area contributed by atoms with E-state index in [1.807, 2.05) is 11.8 Å². The number of hydrogen-bond acceptors (Lipinski definition) is 5. The van der Waals surface area contributed by atoms with E-state index in [4.69, 9.17) is 0 Å². The number of anilines is 1. The minimum atomic E-state index is 0.487. The highest BCUT2D eigenvalue weighted by Gasteiger charge is 2.06. The Kier molecular flexibility index (Phi) is 6.80. The molecule has 1 unspecified atom stereocenters. The Morgan fingerprint density at radius 3 is 2.94 bits per heavy atom. The molecular weight excluding hydrogens is 238 g/mol. The number of thioether (sulfide) groups is 1. The average molecular weight is 259 g/mol. The maximum Gasteiger partial charge on any atom is 0.202 e. The van der Waals surface area contributed by atoms with Gasteiger partial charge in [0.05, 0.1) is 0 Å². The Morgan fingerprint density at radius 1 is 1.44 bits per heavy atom. The number of aryl methyl sites for hydroxylation is 1. The van der Waals surface area contributed by atoms with Gasteiger partial charge in [0.1, 0.15) is 5.82 Å². The van der Waals surface area contributed by atoms with Crippen LogP contribution < -0.4 is 5.32 Å². The summed E-state index contributed by atoms with van der Waals surface area (Å²) in [6, 6.07) is 0.487. The van der Waals surface area contributed by atoms with Crippen LogP contribution in [0.4, 0.5) is 5.13 Å². The second-order valence-corrected chi connectivity index (χ2v) is 5.94. The average Bonchev–Trinajstić information content (AvgIpc) is 2.66. The first-order valence-electron chi connectivity index (χ1n) is 5.93. The van der Waals surface area contributed by atoms with E-state index in [-0.39, 0.29) is 0 Å². The highest BCUT2D eigenvalue weighted by Crippen LogP contribution is 2.15. The van der Waals surface area contributed by atoms with E-state index in [0.29, 0.717) is 6.04 Å². The quantitative estimate of drug-likeness (QED) is 0.726. The van der Waals surface area contributed by atoms with Crippen molar-refractivity contribution in [2.24, 2.45) is 0 Å². The zero-order valence-electron chi connectivity index (χ0n) is 10.3. The molecule has 0 aliphatic heterocycles. The molecule has 5 heteroatoms. The summed E-state index contributed by atoms with van der Waals surface area (Å²) in [6.07, 6.45) is 3.28. The van der Waals surface area contributed by atoms with Gasteiger partial charge in [-0.3, -0.25) is 0 Å². The van der Waals surface area contributed by atoms with Gasteiger partial charge in [-0.25, -0.2) is 4.98 Å². The van der Waals surface area contributed by atoms with Crippen LogP contribution >= 0.6 is 23.3 Å². The van der Waals surface area contributed by atoms with Crippen LogP contribution in [-0.4, -0.2) is 26.9 Å². The van der Waals surface area contributed by atoms with Crippen LogP contribution in [0.5, 0.6) is 0 Å². The van der Waals surface area contributed by atoms with Crippen LogP contribution in [0.25, 0.3) is 0 Å². The van der Waals surface area contributed by atoms with Gasteiger partial charge in [-0.15, -0.1) is 0 Å². The van der Waals surface area contributed by atoms with E-state index in [2.05, 4.69) is 35.4 Å². The summed E-state index contributed by atoms with van der Waals surface area (Å²) >= 11 is 3.47. The maximum atomic E-state index is 4.46. The van der Waals surface area contributed by atoms with Crippen molar-refractivity contribution in [1.29, 1.82) is 0 Å². The summed E-state index contributed by atoms with van der Waals surface area (Å²) in [6.45, 7) is 6.56. The molecular formula is C11H21N3S2. The number of hydrogen-bond donors (Lipinski definition) is 1. The predicted octanol–water partition coefficient (Wildman–Crippen LogP) is 3.43. The monoisotopic (exact) mass is 259 g/mol. The molecule has 92 valence electrons. The molecule has 16 heavy (non-hydrogen) atoms. The molecule has 0 aliphatic rings. The van der Waals surface area contributed by atoms with Crippen LogP contribution in [0, 0.1) is 0 Å². The van der Waals surface area contributed by atoms with Crippen LogP contribution in [0.2, 0.25) is 0 Å². The lowest BCUT2D eigenvalue weighted by Crippen LogP contribution is -2.15. The summed E-state index contributed by atoms with van der Waals surface area (Å²) in [4.78, 5) is 4.46. The molecule has 0 radical (unpaired) electrons. The minimum Gasteiger partial charge on any atom is -0.358 e. The molecule has 1 heterocycles. The molecule has 3 nitrogen and oxygen atoms in total. The lowest BCUT2D eigenvalue weighted by Gasteiger charge is -2.11. The zero-order chi connectivity index (χ0) is 11.8. The van der Waals surface area contributed by atoms with Crippen molar-refractivity contribution in [2.45, 2.75) is 46.1 Å². The van der Waals surface area contributed by atoms with Crippen molar-refractivity contribution in [2.75, 3.05) is 16.8 Å². The van der Waals surface area contributed by atoms with Crippen molar-refractivity contribution in [3.05, 3.63) is 5.82 Å². The van der Waals surface area contributed by atoms with E-state index in [0.717, 1.165) is 23.8 Å². The lowest BCUT2D eigenvalue weighted by atomic mass is 10.3. The zero-order valence-corrected chi connectivity index (χ0v) is 12.0. The largest absolute Gasteiger partial charge is 0.358 e. The Bertz CT molecular complexity index is 289. The fraction of sp³-hybridized carbons (Fsp3) is 0.818. The molecule has 0 saturated heterocycles. The fourth-order valence-electron chi connectivity index (χ4n) is 1.33. The van der Waals surface area contributed by atoms with E-state index < -0.39 is 0 Å². The summed E-state index contributed by atoms with van der Waals surface area (Å²) in [5, 5.41) is 4.38. The number of aromatic nitrogens is 2. The van der Waals surface area contributed by atoms with E-state index in [1.54, 1.807) is 0 Å². The molecule has 0 aromatic carbocycles. The van der Waals surface area contributed by atoms with Crippen LogP contribution in [-0.2, 0) is 6.42 Å². The first-order chi connectivity index (χ1) is 7.76. The molecule has 0 amide bonds. The standard InChI is InChI=1S/C11H21N3S2/c1-4-6-10-13-11(16-14-10)12-9(3)7-8-15-5-2/h9H,4-8H2,1-3H3,(H,12,13,14). The molecule has 0 bridgehead atoms. The summed E-state index contributed by atoms with van der Waals surface area (Å²) in [5.74, 6) is 3.39. The van der Waals surface area contributed by atoms with E-state index >= 15 is 0 Å². The van der Waals surface area contributed by atoms with Gasteiger partial charge in [-0.05, 0) is 31.3 Å². The van der Waals surface area contributed by atoms with Crippen molar-refractivity contribution in [3.8, 4) is 0 Å². The summed E-state index contributed by atoms with van der Waals surface area (Å²) in [5.41, 5.74) is 0. The van der Waals surface area contributed by atoms with E-state index in [1.165, 1.54) is 29.5 Å². The summed E-state index contributed by atoms with van der Waals surface area (Å²) < 4.78 is 4.32. The highest BCUT2D eigenvalue weighted by atomic mass is 32.2. The molecule has 1 N–H and O–H groups in total. The Labute approximate surface area is 107 Å². The van der Waals surface area contributed by atoms with E-state index in [9.17, 15) is 0 Å². The molecule has 1 aromatic rings. The highest BCUT2D eigenvalue weighted by molar-refractivity contribution is 7.99. The van der Waals surface area contributed by atoms with Crippen molar-refractivity contribution >= 4 is 28.4 Å². The van der Waals surface area contributed by atoms with Gasteiger partial charge >= 0.3 is 0 Å². The third kappa shape index (κ3) is 5.16. The van der Waals surface area contributed by atoms with Gasteiger partial charge < -0.3 is 5.32 Å². The second-order valence-electron chi connectivity index (χ2n) is 3.80. The Hall–Kier alpha value is -0.290. The first-order valence-corrected chi connectivity index (χ1v) is 7.86. The second kappa shape index (κ2) is 7.90. The summed E-state index contributed by atoms with van der Waals surface area (Å²) in [7, 11) is 0. The lowest BCUT2D eigenvalue weighted by molar-refractivity contribution is 0.767. The Balaban J connectivity index is 2.28. The van der Waals surface area contributed by atoms with Crippen molar-refractivity contribution in [1.82, 2.24) is 9.36 Å². The molecule has 1 aromatic heterocycles. The topological polar surface area (TPSA) is 37.8 Å². The third-order valence-corrected chi connectivity index (χ3v) is 3.83. The van der Waals surface area contributed by atoms with Crippen LogP contribution in [0.1, 0.15) is 39.4 Å². The molecule has 1 atom stereocenters.